The van der Waals surface area contributed by atoms with Crippen molar-refractivity contribution >= 4 is 39.3 Å². The van der Waals surface area contributed by atoms with Crippen molar-refractivity contribution in [1.82, 2.24) is 0 Å². The molecule has 0 saturated heterocycles. The van der Waals surface area contributed by atoms with Crippen molar-refractivity contribution in [3.8, 4) is 0 Å². The maximum atomic E-state index is 12.2. The average molecular weight is 350 g/mol. The normalized spacial score (nSPS) is 11.9. The van der Waals surface area contributed by atoms with Crippen LogP contribution in [0.2, 0.25) is 0 Å². The summed E-state index contributed by atoms with van der Waals surface area (Å²) < 4.78 is 1.04. The van der Waals surface area contributed by atoms with E-state index in [2.05, 4.69) is 21.2 Å². The van der Waals surface area contributed by atoms with Crippen molar-refractivity contribution in [3.63, 3.8) is 0 Å². The molecule has 0 aliphatic rings. The highest BCUT2D eigenvalue weighted by Crippen LogP contribution is 2.26. The van der Waals surface area contributed by atoms with Gasteiger partial charge in [0.25, 0.3) is 0 Å². The number of rotatable bonds is 4. The lowest BCUT2D eigenvalue weighted by Crippen LogP contribution is -2.22. The fourth-order valence-electron chi connectivity index (χ4n) is 1.72. The molecule has 104 valence electrons. The topological polar surface area (TPSA) is 29.1 Å². The van der Waals surface area contributed by atoms with Gasteiger partial charge in [0.2, 0.25) is 5.91 Å². The van der Waals surface area contributed by atoms with Crippen LogP contribution in [0.1, 0.15) is 12.5 Å². The SMILES string of the molecule is Cc1ccccc1NC(=O)C(C)Sc1ccc(Br)cc1. The number of para-hydroxylation sites is 1. The van der Waals surface area contributed by atoms with Gasteiger partial charge in [-0.3, -0.25) is 4.79 Å². The number of anilines is 1. The Balaban J connectivity index is 1.99. The Hall–Kier alpha value is -1.26. The van der Waals surface area contributed by atoms with E-state index in [-0.39, 0.29) is 11.2 Å². The molecule has 0 heterocycles. The molecule has 0 spiro atoms. The number of hydrogen-bond donors (Lipinski definition) is 1. The Morgan fingerprint density at radius 2 is 1.80 bits per heavy atom. The van der Waals surface area contributed by atoms with Crippen LogP contribution in [0.25, 0.3) is 0 Å². The number of amides is 1. The smallest absolute Gasteiger partial charge is 0.237 e. The molecule has 0 aliphatic carbocycles. The molecule has 0 fully saturated rings. The molecule has 0 radical (unpaired) electrons. The molecular formula is C16H16BrNOS. The Labute approximate surface area is 132 Å². The molecule has 0 bridgehead atoms. The Bertz CT molecular complexity index is 598. The fourth-order valence-corrected chi connectivity index (χ4v) is 2.85. The van der Waals surface area contributed by atoms with Crippen molar-refractivity contribution in [2.24, 2.45) is 0 Å². The van der Waals surface area contributed by atoms with Crippen LogP contribution in [0.5, 0.6) is 0 Å². The Morgan fingerprint density at radius 1 is 1.15 bits per heavy atom. The van der Waals surface area contributed by atoms with Gasteiger partial charge in [-0.1, -0.05) is 34.1 Å². The summed E-state index contributed by atoms with van der Waals surface area (Å²) in [4.78, 5) is 13.3. The number of nitrogens with one attached hydrogen (secondary N) is 1. The number of aryl methyl sites for hydroxylation is 1. The van der Waals surface area contributed by atoms with Gasteiger partial charge >= 0.3 is 0 Å². The fraction of sp³-hybridized carbons (Fsp3) is 0.188. The molecule has 1 atom stereocenters. The summed E-state index contributed by atoms with van der Waals surface area (Å²) in [7, 11) is 0. The van der Waals surface area contributed by atoms with Crippen molar-refractivity contribution in [1.29, 1.82) is 0 Å². The van der Waals surface area contributed by atoms with E-state index in [4.69, 9.17) is 0 Å². The van der Waals surface area contributed by atoms with Crippen LogP contribution in [0, 0.1) is 6.92 Å². The van der Waals surface area contributed by atoms with Crippen molar-refractivity contribution in [2.75, 3.05) is 5.32 Å². The van der Waals surface area contributed by atoms with Crippen LogP contribution >= 0.6 is 27.7 Å². The summed E-state index contributed by atoms with van der Waals surface area (Å²) in [6.07, 6.45) is 0. The second-order valence-electron chi connectivity index (χ2n) is 4.52. The predicted molar refractivity (Wildman–Crippen MR) is 89.3 cm³/mol. The van der Waals surface area contributed by atoms with Gasteiger partial charge in [-0.25, -0.2) is 0 Å². The summed E-state index contributed by atoms with van der Waals surface area (Å²) in [5.41, 5.74) is 1.95. The molecule has 1 amide bonds. The molecule has 20 heavy (non-hydrogen) atoms. The summed E-state index contributed by atoms with van der Waals surface area (Å²) >= 11 is 4.96. The molecule has 0 aliphatic heterocycles. The molecule has 2 rings (SSSR count). The van der Waals surface area contributed by atoms with E-state index in [1.807, 2.05) is 62.4 Å². The minimum absolute atomic E-state index is 0.0206. The summed E-state index contributed by atoms with van der Waals surface area (Å²) in [6.45, 7) is 3.91. The maximum Gasteiger partial charge on any atom is 0.237 e. The van der Waals surface area contributed by atoms with Crippen LogP contribution < -0.4 is 5.32 Å². The van der Waals surface area contributed by atoms with E-state index < -0.39 is 0 Å². The zero-order chi connectivity index (χ0) is 14.5. The minimum Gasteiger partial charge on any atom is -0.325 e. The van der Waals surface area contributed by atoms with Gasteiger partial charge in [0.1, 0.15) is 0 Å². The van der Waals surface area contributed by atoms with Crippen LogP contribution in [-0.4, -0.2) is 11.2 Å². The Kier molecular flexibility index (Phi) is 5.26. The molecule has 4 heteroatoms. The molecule has 2 nitrogen and oxygen atoms in total. The van der Waals surface area contributed by atoms with E-state index in [9.17, 15) is 4.79 Å². The highest BCUT2D eigenvalue weighted by Gasteiger charge is 2.15. The number of thioether (sulfide) groups is 1. The largest absolute Gasteiger partial charge is 0.325 e. The standard InChI is InChI=1S/C16H16BrNOS/c1-11-5-3-4-6-15(11)18-16(19)12(2)20-14-9-7-13(17)8-10-14/h3-10,12H,1-2H3,(H,18,19). The lowest BCUT2D eigenvalue weighted by atomic mass is 10.2. The Morgan fingerprint density at radius 3 is 2.45 bits per heavy atom. The predicted octanol–water partition coefficient (Wildman–Crippen LogP) is 4.88. The van der Waals surface area contributed by atoms with Crippen LogP contribution in [0.3, 0.4) is 0 Å². The first-order chi connectivity index (χ1) is 9.56. The lowest BCUT2D eigenvalue weighted by Gasteiger charge is -2.13. The van der Waals surface area contributed by atoms with Crippen LogP contribution in [0.15, 0.2) is 57.9 Å². The second kappa shape index (κ2) is 6.95. The first-order valence-corrected chi connectivity index (χ1v) is 8.02. The third kappa shape index (κ3) is 4.12. The second-order valence-corrected chi connectivity index (χ2v) is 6.85. The van der Waals surface area contributed by atoms with Gasteiger partial charge in [-0.15, -0.1) is 11.8 Å². The van der Waals surface area contributed by atoms with Gasteiger partial charge in [0.15, 0.2) is 0 Å². The lowest BCUT2D eigenvalue weighted by molar-refractivity contribution is -0.115. The van der Waals surface area contributed by atoms with Crippen LogP contribution in [0.4, 0.5) is 5.69 Å². The quantitative estimate of drug-likeness (QED) is 0.797. The van der Waals surface area contributed by atoms with E-state index >= 15 is 0 Å². The van der Waals surface area contributed by atoms with Gasteiger partial charge < -0.3 is 5.32 Å². The number of halogens is 1. The summed E-state index contributed by atoms with van der Waals surface area (Å²) in [5.74, 6) is 0.0206. The molecule has 2 aromatic carbocycles. The first kappa shape index (κ1) is 15.1. The third-order valence-electron chi connectivity index (χ3n) is 2.90. The number of hydrogen-bond acceptors (Lipinski definition) is 2. The highest BCUT2D eigenvalue weighted by molar-refractivity contribution is 9.10. The zero-order valence-electron chi connectivity index (χ0n) is 11.4. The van der Waals surface area contributed by atoms with Gasteiger partial charge in [0, 0.05) is 15.1 Å². The molecule has 1 N–H and O–H groups in total. The van der Waals surface area contributed by atoms with Gasteiger partial charge in [-0.05, 0) is 49.7 Å². The van der Waals surface area contributed by atoms with Crippen molar-refractivity contribution in [3.05, 3.63) is 58.6 Å². The molecule has 0 aromatic heterocycles. The third-order valence-corrected chi connectivity index (χ3v) is 4.54. The van der Waals surface area contributed by atoms with E-state index in [0.717, 1.165) is 20.6 Å². The zero-order valence-corrected chi connectivity index (χ0v) is 13.8. The van der Waals surface area contributed by atoms with Crippen LogP contribution in [-0.2, 0) is 4.79 Å². The molecule has 2 aromatic rings. The van der Waals surface area contributed by atoms with E-state index in [1.165, 1.54) is 0 Å². The molecule has 0 saturated carbocycles. The van der Waals surface area contributed by atoms with E-state index in [1.54, 1.807) is 11.8 Å². The minimum atomic E-state index is -0.143. The monoisotopic (exact) mass is 349 g/mol. The summed E-state index contributed by atoms with van der Waals surface area (Å²) in [6, 6.07) is 15.8. The number of benzene rings is 2. The van der Waals surface area contributed by atoms with Gasteiger partial charge in [-0.2, -0.15) is 0 Å². The number of carbonyl (C=O) groups is 1. The average Bonchev–Trinajstić information content (AvgIpc) is 2.44. The molecule has 1 unspecified atom stereocenters. The molecular weight excluding hydrogens is 334 g/mol. The first-order valence-electron chi connectivity index (χ1n) is 6.35. The number of carbonyl (C=O) groups excluding carboxylic acids is 1. The van der Waals surface area contributed by atoms with Crippen molar-refractivity contribution in [2.45, 2.75) is 24.0 Å². The van der Waals surface area contributed by atoms with Crippen molar-refractivity contribution < 1.29 is 4.79 Å². The van der Waals surface area contributed by atoms with Gasteiger partial charge in [0.05, 0.1) is 5.25 Å². The van der Waals surface area contributed by atoms with E-state index in [0.29, 0.717) is 0 Å². The summed E-state index contributed by atoms with van der Waals surface area (Å²) in [5, 5.41) is 2.83. The highest BCUT2D eigenvalue weighted by atomic mass is 79.9. The maximum absolute atomic E-state index is 12.2.